The fourth-order valence-corrected chi connectivity index (χ4v) is 6.04. The number of benzene rings is 3. The van der Waals surface area contributed by atoms with Gasteiger partial charge in [-0.3, -0.25) is 4.99 Å². The maximum absolute atomic E-state index is 12.6. The largest absolute Gasteiger partial charge is 0.342 e. The summed E-state index contributed by atoms with van der Waals surface area (Å²) in [5.74, 6) is 0. The zero-order valence-corrected chi connectivity index (χ0v) is 19.4. The molecule has 3 nitrogen and oxygen atoms in total. The Bertz CT molecular complexity index is 1150. The van der Waals surface area contributed by atoms with Crippen molar-refractivity contribution >= 4 is 24.0 Å². The molecule has 4 heteroatoms. The Labute approximate surface area is 199 Å². The molecule has 33 heavy (non-hydrogen) atoms. The van der Waals surface area contributed by atoms with Gasteiger partial charge in [-0.25, -0.2) is 0 Å². The van der Waals surface area contributed by atoms with Gasteiger partial charge in [-0.1, -0.05) is 97.9 Å². The number of aryl methyl sites for hydroxylation is 1. The normalized spacial score (nSPS) is 17.9. The summed E-state index contributed by atoms with van der Waals surface area (Å²) in [5.41, 5.74) is 4.09. The molecule has 0 spiro atoms. The average molecular weight is 451 g/mol. The number of thiophene rings is 1. The summed E-state index contributed by atoms with van der Waals surface area (Å²) < 4.78 is 0. The minimum Gasteiger partial charge on any atom is -0.342 e. The van der Waals surface area contributed by atoms with Gasteiger partial charge in [0.1, 0.15) is 5.54 Å². The number of hydrogen-bond acceptors (Lipinski definition) is 4. The molecule has 1 aromatic heterocycles. The molecule has 4 aromatic rings. The van der Waals surface area contributed by atoms with Crippen molar-refractivity contribution in [2.75, 3.05) is 6.54 Å². The van der Waals surface area contributed by atoms with Crippen molar-refractivity contribution < 1.29 is 4.79 Å². The van der Waals surface area contributed by atoms with E-state index >= 15 is 0 Å². The van der Waals surface area contributed by atoms with Crippen LogP contribution in [-0.2, 0) is 22.3 Å². The number of nitrogens with zero attached hydrogens (tertiary/aromatic N) is 2. The number of hydrogen-bond donors (Lipinski definition) is 0. The molecule has 1 aliphatic heterocycles. The zero-order chi connectivity index (χ0) is 22.7. The highest BCUT2D eigenvalue weighted by molar-refractivity contribution is 7.08. The van der Waals surface area contributed by atoms with Crippen LogP contribution in [0.3, 0.4) is 0 Å². The topological polar surface area (TPSA) is 32.7 Å². The van der Waals surface area contributed by atoms with Gasteiger partial charge in [0, 0.05) is 5.56 Å². The van der Waals surface area contributed by atoms with Gasteiger partial charge in [0.15, 0.2) is 11.8 Å². The van der Waals surface area contributed by atoms with Crippen LogP contribution in [0.2, 0.25) is 0 Å². The third-order valence-corrected chi connectivity index (χ3v) is 7.42. The van der Waals surface area contributed by atoms with E-state index in [1.54, 1.807) is 11.3 Å². The Morgan fingerprint density at radius 1 is 0.879 bits per heavy atom. The number of aliphatic imine (C=N–C) groups is 1. The second-order valence-electron chi connectivity index (χ2n) is 8.39. The quantitative estimate of drug-likeness (QED) is 0.254. The summed E-state index contributed by atoms with van der Waals surface area (Å²) in [6, 6.07) is 31.5. The lowest BCUT2D eigenvalue weighted by Crippen LogP contribution is -2.49. The third-order valence-electron chi connectivity index (χ3n) is 6.63. The summed E-state index contributed by atoms with van der Waals surface area (Å²) in [7, 11) is 0. The third kappa shape index (κ3) is 3.42. The summed E-state index contributed by atoms with van der Waals surface area (Å²) in [6.07, 6.45) is 3.79. The van der Waals surface area contributed by atoms with Gasteiger partial charge in [-0.2, -0.15) is 11.3 Å². The minimum atomic E-state index is -0.908. The van der Waals surface area contributed by atoms with E-state index in [9.17, 15) is 4.79 Å². The molecule has 0 saturated carbocycles. The van der Waals surface area contributed by atoms with Crippen LogP contribution in [0.15, 0.2) is 107 Å². The molecule has 1 atom stereocenters. The van der Waals surface area contributed by atoms with E-state index in [-0.39, 0.29) is 0 Å². The molecule has 1 unspecified atom stereocenters. The molecular weight excluding hydrogens is 424 g/mol. The lowest BCUT2D eigenvalue weighted by molar-refractivity contribution is -0.112. The van der Waals surface area contributed by atoms with E-state index in [1.165, 1.54) is 5.56 Å². The van der Waals surface area contributed by atoms with Crippen LogP contribution < -0.4 is 0 Å². The summed E-state index contributed by atoms with van der Waals surface area (Å²) in [4.78, 5) is 19.8. The van der Waals surface area contributed by atoms with Crippen molar-refractivity contribution in [1.29, 1.82) is 0 Å². The fourth-order valence-electron chi connectivity index (χ4n) is 5.02. The van der Waals surface area contributed by atoms with Gasteiger partial charge in [0.2, 0.25) is 0 Å². The average Bonchev–Trinajstić information content (AvgIpc) is 3.55. The standard InChI is InChI=1S/C29H26N2OS/c1-2-23-18-33-19-27(23)28(21-32)20-31(22-30-28)29(24-12-6-3-7-13-24,25-14-8-4-9-15-25)26-16-10-5-11-17-26/h3-19,21-22H,2,20H2,1H3. The summed E-state index contributed by atoms with van der Waals surface area (Å²) >= 11 is 1.64. The number of rotatable bonds is 7. The molecule has 0 N–H and O–H groups in total. The number of carbonyl (C=O) groups is 1. The highest BCUT2D eigenvalue weighted by atomic mass is 32.1. The Morgan fingerprint density at radius 3 is 1.85 bits per heavy atom. The summed E-state index contributed by atoms with van der Waals surface area (Å²) in [5, 5.41) is 4.22. The first-order chi connectivity index (χ1) is 16.2. The fraction of sp³-hybridized carbons (Fsp3) is 0.172. The van der Waals surface area contributed by atoms with Crippen molar-refractivity contribution in [3.63, 3.8) is 0 Å². The first-order valence-corrected chi connectivity index (χ1v) is 12.2. The van der Waals surface area contributed by atoms with Crippen LogP contribution in [0.4, 0.5) is 0 Å². The van der Waals surface area contributed by atoms with Gasteiger partial charge >= 0.3 is 0 Å². The summed E-state index contributed by atoms with van der Waals surface area (Å²) in [6.45, 7) is 2.60. The molecule has 0 bridgehead atoms. The van der Waals surface area contributed by atoms with Gasteiger partial charge in [0.25, 0.3) is 0 Å². The molecule has 0 amide bonds. The highest BCUT2D eigenvalue weighted by Gasteiger charge is 2.49. The molecule has 2 heterocycles. The van der Waals surface area contributed by atoms with Crippen molar-refractivity contribution in [3.05, 3.63) is 130 Å². The second kappa shape index (κ2) is 8.80. The van der Waals surface area contributed by atoms with Crippen molar-refractivity contribution in [3.8, 4) is 0 Å². The van der Waals surface area contributed by atoms with Crippen LogP contribution in [0.1, 0.15) is 34.7 Å². The van der Waals surface area contributed by atoms with Crippen LogP contribution in [0.25, 0.3) is 0 Å². The first kappa shape index (κ1) is 21.4. The van der Waals surface area contributed by atoms with Crippen molar-refractivity contribution in [1.82, 2.24) is 4.90 Å². The van der Waals surface area contributed by atoms with Crippen LogP contribution in [0, 0.1) is 0 Å². The Morgan fingerprint density at radius 2 is 1.39 bits per heavy atom. The molecule has 1 aliphatic rings. The Kier molecular flexibility index (Phi) is 5.69. The second-order valence-corrected chi connectivity index (χ2v) is 9.13. The van der Waals surface area contributed by atoms with E-state index in [0.29, 0.717) is 6.54 Å². The predicted octanol–water partition coefficient (Wildman–Crippen LogP) is 6.04. The van der Waals surface area contributed by atoms with Crippen LogP contribution in [-0.4, -0.2) is 24.1 Å². The predicted molar refractivity (Wildman–Crippen MR) is 136 cm³/mol. The van der Waals surface area contributed by atoms with Crippen molar-refractivity contribution in [2.45, 2.75) is 24.4 Å². The Hall–Kier alpha value is -3.50. The monoisotopic (exact) mass is 450 g/mol. The van der Waals surface area contributed by atoms with Crippen LogP contribution >= 0.6 is 11.3 Å². The lowest BCUT2D eigenvalue weighted by Gasteiger charge is -2.44. The zero-order valence-electron chi connectivity index (χ0n) is 18.6. The molecule has 0 fully saturated rings. The molecular formula is C29H26N2OS. The number of aldehydes is 1. The lowest BCUT2D eigenvalue weighted by atomic mass is 9.75. The maximum Gasteiger partial charge on any atom is 0.161 e. The van der Waals surface area contributed by atoms with E-state index in [4.69, 9.17) is 4.99 Å². The van der Waals surface area contributed by atoms with Gasteiger partial charge in [-0.15, -0.1) is 0 Å². The molecule has 0 aliphatic carbocycles. The van der Waals surface area contributed by atoms with E-state index in [0.717, 1.165) is 35.0 Å². The number of carbonyl (C=O) groups excluding carboxylic acids is 1. The van der Waals surface area contributed by atoms with Crippen molar-refractivity contribution in [2.24, 2.45) is 4.99 Å². The smallest absolute Gasteiger partial charge is 0.161 e. The van der Waals surface area contributed by atoms with Gasteiger partial charge in [-0.05, 0) is 39.4 Å². The molecule has 164 valence electrons. The van der Waals surface area contributed by atoms with E-state index < -0.39 is 11.1 Å². The minimum absolute atomic E-state index is 0.471. The van der Waals surface area contributed by atoms with E-state index in [2.05, 4.69) is 95.4 Å². The van der Waals surface area contributed by atoms with Gasteiger partial charge in [0.05, 0.1) is 12.9 Å². The van der Waals surface area contributed by atoms with Gasteiger partial charge < -0.3 is 9.69 Å². The molecule has 0 saturated heterocycles. The maximum atomic E-state index is 12.6. The van der Waals surface area contributed by atoms with Crippen LogP contribution in [0.5, 0.6) is 0 Å². The first-order valence-electron chi connectivity index (χ1n) is 11.2. The Balaban J connectivity index is 1.74. The SMILES string of the molecule is CCc1cscc1C1(C=O)CN(C(c2ccccc2)(c2ccccc2)c2ccccc2)C=N1. The van der Waals surface area contributed by atoms with E-state index in [1.807, 2.05) is 24.5 Å². The molecule has 0 radical (unpaired) electrons. The highest BCUT2D eigenvalue weighted by Crippen LogP contribution is 2.46. The molecule has 3 aromatic carbocycles. The molecule has 5 rings (SSSR count).